The molecular weight excluding hydrogens is 350 g/mol. The molecule has 0 radical (unpaired) electrons. The lowest BCUT2D eigenvalue weighted by Gasteiger charge is -2.37. The highest BCUT2D eigenvalue weighted by atomic mass is 16.6. The first kappa shape index (κ1) is 23.0. The average Bonchev–Trinajstić information content (AvgIpc) is 2.58. The summed E-state index contributed by atoms with van der Waals surface area (Å²) in [5, 5.41) is 0. The standard InChI is InChI=1S/C20H33NO6/c1-14(18(23)25-6)17(26-15(2)22)12-9-11-16-10-7-8-13-21(16)19(24)27-20(3,4)5/h16-17H,1,7-13H2,2-6H3. The van der Waals surface area contributed by atoms with Crippen LogP contribution < -0.4 is 0 Å². The van der Waals surface area contributed by atoms with Gasteiger partial charge in [0.2, 0.25) is 0 Å². The van der Waals surface area contributed by atoms with Gasteiger partial charge in [-0.05, 0) is 59.3 Å². The summed E-state index contributed by atoms with van der Waals surface area (Å²) >= 11 is 0. The predicted octanol–water partition coefficient (Wildman–Crippen LogP) is 3.61. The molecule has 27 heavy (non-hydrogen) atoms. The number of carbonyl (C=O) groups excluding carboxylic acids is 3. The van der Waals surface area contributed by atoms with Crippen molar-refractivity contribution in [2.75, 3.05) is 13.7 Å². The van der Waals surface area contributed by atoms with Crippen molar-refractivity contribution >= 4 is 18.0 Å². The number of hydrogen-bond donors (Lipinski definition) is 0. The van der Waals surface area contributed by atoms with E-state index in [1.165, 1.54) is 14.0 Å². The van der Waals surface area contributed by atoms with Crippen molar-refractivity contribution in [1.82, 2.24) is 4.90 Å². The van der Waals surface area contributed by atoms with E-state index in [0.29, 0.717) is 19.4 Å². The summed E-state index contributed by atoms with van der Waals surface area (Å²) in [4.78, 5) is 37.3. The second-order valence-electron chi connectivity index (χ2n) is 7.87. The molecule has 1 fully saturated rings. The van der Waals surface area contributed by atoms with Gasteiger partial charge >= 0.3 is 18.0 Å². The fourth-order valence-electron chi connectivity index (χ4n) is 3.17. The normalized spacial score (nSPS) is 18.4. The van der Waals surface area contributed by atoms with Crippen LogP contribution in [0.3, 0.4) is 0 Å². The predicted molar refractivity (Wildman–Crippen MR) is 101 cm³/mol. The number of nitrogens with zero attached hydrogens (tertiary/aromatic N) is 1. The van der Waals surface area contributed by atoms with Gasteiger partial charge in [0.15, 0.2) is 0 Å². The molecule has 154 valence electrons. The first-order valence-electron chi connectivity index (χ1n) is 9.49. The Bertz CT molecular complexity index is 551. The van der Waals surface area contributed by atoms with E-state index in [1.54, 1.807) is 4.90 Å². The second-order valence-corrected chi connectivity index (χ2v) is 7.87. The highest BCUT2D eigenvalue weighted by molar-refractivity contribution is 5.89. The lowest BCUT2D eigenvalue weighted by atomic mass is 9.95. The maximum Gasteiger partial charge on any atom is 0.410 e. The Morgan fingerprint density at radius 1 is 1.22 bits per heavy atom. The molecule has 1 amide bonds. The Balaban J connectivity index is 2.65. The molecule has 0 aromatic rings. The van der Waals surface area contributed by atoms with E-state index in [0.717, 1.165) is 25.7 Å². The minimum absolute atomic E-state index is 0.0815. The Morgan fingerprint density at radius 2 is 1.89 bits per heavy atom. The van der Waals surface area contributed by atoms with Gasteiger partial charge in [-0.15, -0.1) is 0 Å². The van der Waals surface area contributed by atoms with Crippen LogP contribution in [0.25, 0.3) is 0 Å². The molecule has 1 rings (SSSR count). The molecule has 1 aliphatic rings. The number of amides is 1. The maximum atomic E-state index is 12.5. The lowest BCUT2D eigenvalue weighted by molar-refractivity contribution is -0.147. The molecule has 1 saturated heterocycles. The molecule has 2 unspecified atom stereocenters. The van der Waals surface area contributed by atoms with Crippen molar-refractivity contribution in [3.05, 3.63) is 12.2 Å². The van der Waals surface area contributed by atoms with E-state index in [1.807, 2.05) is 20.8 Å². The van der Waals surface area contributed by atoms with E-state index in [4.69, 9.17) is 9.47 Å². The van der Waals surface area contributed by atoms with Gasteiger partial charge in [0.25, 0.3) is 0 Å². The van der Waals surface area contributed by atoms with E-state index in [-0.39, 0.29) is 17.7 Å². The van der Waals surface area contributed by atoms with Gasteiger partial charge in [-0.2, -0.15) is 0 Å². The van der Waals surface area contributed by atoms with Crippen molar-refractivity contribution in [2.24, 2.45) is 0 Å². The number of likely N-dealkylation sites (tertiary alicyclic amines) is 1. The number of methoxy groups -OCH3 is 1. The minimum Gasteiger partial charge on any atom is -0.466 e. The van der Waals surface area contributed by atoms with Gasteiger partial charge in [0.1, 0.15) is 11.7 Å². The van der Waals surface area contributed by atoms with Crippen LogP contribution in [0, 0.1) is 0 Å². The largest absolute Gasteiger partial charge is 0.466 e. The fourth-order valence-corrected chi connectivity index (χ4v) is 3.17. The van der Waals surface area contributed by atoms with Crippen LogP contribution >= 0.6 is 0 Å². The highest BCUT2D eigenvalue weighted by Crippen LogP contribution is 2.25. The molecule has 0 aromatic heterocycles. The maximum absolute atomic E-state index is 12.5. The van der Waals surface area contributed by atoms with Crippen molar-refractivity contribution in [3.63, 3.8) is 0 Å². The van der Waals surface area contributed by atoms with E-state index >= 15 is 0 Å². The Labute approximate surface area is 162 Å². The van der Waals surface area contributed by atoms with Crippen LogP contribution in [0.4, 0.5) is 4.79 Å². The zero-order chi connectivity index (χ0) is 20.6. The number of rotatable bonds is 7. The third-order valence-corrected chi connectivity index (χ3v) is 4.40. The molecule has 7 nitrogen and oxygen atoms in total. The molecule has 0 aliphatic carbocycles. The third-order valence-electron chi connectivity index (χ3n) is 4.40. The highest BCUT2D eigenvalue weighted by Gasteiger charge is 2.31. The van der Waals surface area contributed by atoms with E-state index < -0.39 is 23.6 Å². The topological polar surface area (TPSA) is 82.1 Å². The summed E-state index contributed by atoms with van der Waals surface area (Å²) in [5.41, 5.74) is -0.405. The lowest BCUT2D eigenvalue weighted by Crippen LogP contribution is -2.46. The van der Waals surface area contributed by atoms with Gasteiger partial charge in [-0.3, -0.25) is 4.79 Å². The van der Waals surface area contributed by atoms with Crippen molar-refractivity contribution in [1.29, 1.82) is 0 Å². The van der Waals surface area contributed by atoms with E-state index in [9.17, 15) is 14.4 Å². The zero-order valence-electron chi connectivity index (χ0n) is 17.2. The van der Waals surface area contributed by atoms with Gasteiger partial charge < -0.3 is 19.1 Å². The summed E-state index contributed by atoms with van der Waals surface area (Å²) in [5.74, 6) is -1.06. The average molecular weight is 383 g/mol. The zero-order valence-corrected chi connectivity index (χ0v) is 17.2. The first-order chi connectivity index (χ1) is 12.5. The number of ether oxygens (including phenoxy) is 3. The molecule has 0 N–H and O–H groups in total. The summed E-state index contributed by atoms with van der Waals surface area (Å²) < 4.78 is 15.4. The fraction of sp³-hybridized carbons (Fsp3) is 0.750. The molecule has 7 heteroatoms. The van der Waals surface area contributed by atoms with Crippen LogP contribution in [0.15, 0.2) is 12.2 Å². The van der Waals surface area contributed by atoms with E-state index in [2.05, 4.69) is 11.3 Å². The smallest absolute Gasteiger partial charge is 0.410 e. The minimum atomic E-state index is -0.714. The Kier molecular flexibility index (Phi) is 8.79. The van der Waals surface area contributed by atoms with Crippen LogP contribution in [0.2, 0.25) is 0 Å². The van der Waals surface area contributed by atoms with Crippen molar-refractivity contribution in [2.45, 2.75) is 84.0 Å². The molecule has 0 spiro atoms. The number of carbonyl (C=O) groups is 3. The second kappa shape index (κ2) is 10.3. The number of esters is 2. The van der Waals surface area contributed by atoms with Crippen LogP contribution in [-0.4, -0.2) is 54.3 Å². The van der Waals surface area contributed by atoms with Crippen LogP contribution in [0.5, 0.6) is 0 Å². The van der Waals surface area contributed by atoms with Crippen LogP contribution in [0.1, 0.15) is 66.2 Å². The SMILES string of the molecule is C=C(C(=O)OC)C(CCCC1CCCCN1C(=O)OC(C)(C)C)OC(C)=O. The van der Waals surface area contributed by atoms with Gasteiger partial charge in [-0.25, -0.2) is 9.59 Å². The summed E-state index contributed by atoms with van der Waals surface area (Å²) in [6, 6.07) is 0.0815. The molecule has 1 aliphatic heterocycles. The Morgan fingerprint density at radius 3 is 2.44 bits per heavy atom. The molecule has 1 heterocycles. The van der Waals surface area contributed by atoms with Crippen LogP contribution in [-0.2, 0) is 23.8 Å². The number of piperidine rings is 1. The van der Waals surface area contributed by atoms with Crippen molar-refractivity contribution < 1.29 is 28.6 Å². The molecule has 0 aromatic carbocycles. The molecule has 2 atom stereocenters. The Hall–Kier alpha value is -2.05. The molecule has 0 bridgehead atoms. The van der Waals surface area contributed by atoms with Gasteiger partial charge in [0, 0.05) is 19.5 Å². The molecular formula is C20H33NO6. The summed E-state index contributed by atoms with van der Waals surface area (Å²) in [6.45, 7) is 11.2. The van der Waals surface area contributed by atoms with Gasteiger partial charge in [0.05, 0.1) is 12.7 Å². The van der Waals surface area contributed by atoms with Gasteiger partial charge in [-0.1, -0.05) is 6.58 Å². The quantitative estimate of drug-likeness (QED) is 0.379. The number of hydrogen-bond acceptors (Lipinski definition) is 6. The monoisotopic (exact) mass is 383 g/mol. The first-order valence-corrected chi connectivity index (χ1v) is 9.49. The summed E-state index contributed by atoms with van der Waals surface area (Å²) in [7, 11) is 1.26. The molecule has 0 saturated carbocycles. The van der Waals surface area contributed by atoms with Crippen molar-refractivity contribution in [3.8, 4) is 0 Å². The third kappa shape index (κ3) is 8.01. The summed E-state index contributed by atoms with van der Waals surface area (Å²) in [6.07, 6.45) is 3.80.